The molecule has 1 rings (SSSR count). The highest BCUT2D eigenvalue weighted by Crippen LogP contribution is 2.13. The molecule has 0 saturated carbocycles. The van der Waals surface area contributed by atoms with Crippen LogP contribution in [0.1, 0.15) is 58.3 Å². The van der Waals surface area contributed by atoms with Crippen LogP contribution in [0.2, 0.25) is 0 Å². The molecule has 0 atom stereocenters. The van der Waals surface area contributed by atoms with E-state index in [4.69, 9.17) is 0 Å². The summed E-state index contributed by atoms with van der Waals surface area (Å²) < 4.78 is 0. The quantitative estimate of drug-likeness (QED) is 0.704. The van der Waals surface area contributed by atoms with E-state index < -0.39 is 0 Å². The number of hydrogen-bond acceptors (Lipinski definition) is 3. The summed E-state index contributed by atoms with van der Waals surface area (Å²) in [6.07, 6.45) is 2.79. The standard InChI is InChI=1S/C19H29N3O.C2H6/c1-7-16(13-18(14(3)4)20-8-2)21-19(23)15-9-11-17(12-10-15)22(5)6;1-2/h9-13,20H,7-8H2,1-6H3,(H,21,23);1-2H3/b16-13+;. The van der Waals surface area contributed by atoms with Crippen molar-refractivity contribution in [2.75, 3.05) is 25.5 Å². The van der Waals surface area contributed by atoms with Gasteiger partial charge in [-0.15, -0.1) is 0 Å². The summed E-state index contributed by atoms with van der Waals surface area (Å²) in [5.74, 6) is -0.0759. The maximum atomic E-state index is 12.4. The van der Waals surface area contributed by atoms with Crippen LogP contribution in [0.15, 0.2) is 47.3 Å². The first-order valence-corrected chi connectivity index (χ1v) is 9.09. The first-order chi connectivity index (χ1) is 11.9. The molecule has 25 heavy (non-hydrogen) atoms. The number of nitrogens with one attached hydrogen (secondary N) is 2. The lowest BCUT2D eigenvalue weighted by Crippen LogP contribution is -2.24. The van der Waals surface area contributed by atoms with Crippen molar-refractivity contribution in [3.05, 3.63) is 52.9 Å². The van der Waals surface area contributed by atoms with Gasteiger partial charge in [-0.1, -0.05) is 26.3 Å². The van der Waals surface area contributed by atoms with Crippen molar-refractivity contribution in [2.24, 2.45) is 0 Å². The molecule has 0 unspecified atom stereocenters. The molecule has 0 spiro atoms. The zero-order chi connectivity index (χ0) is 19.4. The number of carbonyl (C=O) groups is 1. The van der Waals surface area contributed by atoms with Crippen molar-refractivity contribution in [3.63, 3.8) is 0 Å². The van der Waals surface area contributed by atoms with Gasteiger partial charge >= 0.3 is 0 Å². The summed E-state index contributed by atoms with van der Waals surface area (Å²) in [4.78, 5) is 14.4. The van der Waals surface area contributed by atoms with E-state index in [0.717, 1.165) is 30.0 Å². The zero-order valence-electron chi connectivity index (χ0n) is 17.2. The van der Waals surface area contributed by atoms with Crippen LogP contribution in [0.4, 0.5) is 5.69 Å². The molecule has 1 aromatic carbocycles. The summed E-state index contributed by atoms with van der Waals surface area (Å²) in [5, 5.41) is 6.34. The second-order valence-corrected chi connectivity index (χ2v) is 5.86. The molecule has 1 amide bonds. The average Bonchev–Trinajstić information content (AvgIpc) is 2.62. The molecule has 0 radical (unpaired) electrons. The Morgan fingerprint density at radius 3 is 2.04 bits per heavy atom. The van der Waals surface area contributed by atoms with Gasteiger partial charge in [0.05, 0.1) is 0 Å². The molecule has 0 fully saturated rings. The van der Waals surface area contributed by atoms with Crippen molar-refractivity contribution >= 4 is 11.6 Å². The molecule has 0 aliphatic rings. The highest BCUT2D eigenvalue weighted by atomic mass is 16.1. The van der Waals surface area contributed by atoms with Crippen LogP contribution in [-0.2, 0) is 0 Å². The lowest BCUT2D eigenvalue weighted by atomic mass is 10.1. The number of likely N-dealkylation sites (N-methyl/N-ethyl adjacent to an activating group) is 1. The van der Waals surface area contributed by atoms with Crippen LogP contribution in [0.25, 0.3) is 0 Å². The van der Waals surface area contributed by atoms with Gasteiger partial charge in [0.1, 0.15) is 0 Å². The molecule has 0 heterocycles. The molecular formula is C21H35N3O. The Kier molecular flexibility index (Phi) is 11.1. The lowest BCUT2D eigenvalue weighted by molar-refractivity contribution is 0.0965. The largest absolute Gasteiger partial charge is 0.385 e. The number of carbonyl (C=O) groups excluding carboxylic acids is 1. The SMILES string of the molecule is CC.CCNC(/C=C(\CC)NC(=O)c1ccc(N(C)C)cc1)=C(C)C. The highest BCUT2D eigenvalue weighted by Gasteiger charge is 2.08. The fourth-order valence-corrected chi connectivity index (χ4v) is 2.09. The maximum absolute atomic E-state index is 12.4. The fraction of sp³-hybridized carbons (Fsp3) is 0.476. The molecule has 140 valence electrons. The minimum atomic E-state index is -0.0759. The third-order valence-electron chi connectivity index (χ3n) is 3.53. The van der Waals surface area contributed by atoms with E-state index in [1.165, 1.54) is 5.57 Å². The third-order valence-corrected chi connectivity index (χ3v) is 3.53. The van der Waals surface area contributed by atoms with Crippen molar-refractivity contribution in [2.45, 2.75) is 48.0 Å². The smallest absolute Gasteiger partial charge is 0.255 e. The van der Waals surface area contributed by atoms with Crippen molar-refractivity contribution in [3.8, 4) is 0 Å². The molecule has 0 saturated heterocycles. The molecular weight excluding hydrogens is 310 g/mol. The van der Waals surface area contributed by atoms with Crippen LogP contribution in [-0.4, -0.2) is 26.5 Å². The number of nitrogens with zero attached hydrogens (tertiary/aromatic N) is 1. The van der Waals surface area contributed by atoms with E-state index in [-0.39, 0.29) is 5.91 Å². The monoisotopic (exact) mass is 345 g/mol. The Balaban J connectivity index is 0.00000277. The average molecular weight is 346 g/mol. The van der Waals surface area contributed by atoms with Crippen LogP contribution >= 0.6 is 0 Å². The normalized spacial score (nSPS) is 10.3. The molecule has 2 N–H and O–H groups in total. The Morgan fingerprint density at radius 2 is 1.64 bits per heavy atom. The van der Waals surface area contributed by atoms with Gasteiger partial charge < -0.3 is 15.5 Å². The summed E-state index contributed by atoms with van der Waals surface area (Å²) in [6, 6.07) is 7.60. The van der Waals surface area contributed by atoms with Crippen LogP contribution < -0.4 is 15.5 Å². The lowest BCUT2D eigenvalue weighted by Gasteiger charge is -2.14. The summed E-state index contributed by atoms with van der Waals surface area (Å²) >= 11 is 0. The van der Waals surface area contributed by atoms with Gasteiger partial charge in [0.2, 0.25) is 0 Å². The molecule has 0 aliphatic carbocycles. The van der Waals surface area contributed by atoms with E-state index in [0.29, 0.717) is 5.56 Å². The topological polar surface area (TPSA) is 44.4 Å². The van der Waals surface area contributed by atoms with E-state index in [2.05, 4.69) is 31.4 Å². The summed E-state index contributed by atoms with van der Waals surface area (Å²) in [6.45, 7) is 13.1. The van der Waals surface area contributed by atoms with E-state index in [9.17, 15) is 4.79 Å². The Hall–Kier alpha value is -2.23. The second kappa shape index (κ2) is 12.2. The predicted molar refractivity (Wildman–Crippen MR) is 110 cm³/mol. The van der Waals surface area contributed by atoms with Crippen LogP contribution in [0.3, 0.4) is 0 Å². The van der Waals surface area contributed by atoms with E-state index >= 15 is 0 Å². The maximum Gasteiger partial charge on any atom is 0.255 e. The predicted octanol–water partition coefficient (Wildman–Crippen LogP) is 4.71. The first-order valence-electron chi connectivity index (χ1n) is 9.09. The summed E-state index contributed by atoms with van der Waals surface area (Å²) in [5.41, 5.74) is 4.91. The van der Waals surface area contributed by atoms with Gasteiger partial charge in [-0.05, 0) is 57.5 Å². The molecule has 4 nitrogen and oxygen atoms in total. The van der Waals surface area contributed by atoms with Crippen molar-refractivity contribution in [1.82, 2.24) is 10.6 Å². The second-order valence-electron chi connectivity index (χ2n) is 5.86. The fourth-order valence-electron chi connectivity index (χ4n) is 2.09. The highest BCUT2D eigenvalue weighted by molar-refractivity contribution is 5.95. The van der Waals surface area contributed by atoms with Crippen LogP contribution in [0.5, 0.6) is 0 Å². The van der Waals surface area contributed by atoms with Crippen LogP contribution in [0, 0.1) is 0 Å². The molecule has 1 aromatic rings. The molecule has 0 bridgehead atoms. The Labute approximate surface area is 154 Å². The van der Waals surface area contributed by atoms with Gasteiger partial charge in [-0.2, -0.15) is 0 Å². The number of amides is 1. The zero-order valence-corrected chi connectivity index (χ0v) is 17.2. The minimum Gasteiger partial charge on any atom is -0.385 e. The van der Waals surface area contributed by atoms with Crippen molar-refractivity contribution < 1.29 is 4.79 Å². The third kappa shape index (κ3) is 7.92. The van der Waals surface area contributed by atoms with Crippen molar-refractivity contribution in [1.29, 1.82) is 0 Å². The molecule has 4 heteroatoms. The van der Waals surface area contributed by atoms with E-state index in [1.54, 1.807) is 0 Å². The van der Waals surface area contributed by atoms with Gasteiger partial charge in [-0.3, -0.25) is 4.79 Å². The number of hydrogen-bond donors (Lipinski definition) is 2. The minimum absolute atomic E-state index is 0.0759. The Morgan fingerprint density at radius 1 is 1.08 bits per heavy atom. The van der Waals surface area contributed by atoms with Gasteiger partial charge in [0.25, 0.3) is 5.91 Å². The number of rotatable bonds is 7. The van der Waals surface area contributed by atoms with Gasteiger partial charge in [0, 0.05) is 43.3 Å². The number of allylic oxidation sites excluding steroid dienone is 3. The first kappa shape index (κ1) is 22.8. The van der Waals surface area contributed by atoms with E-state index in [1.807, 2.05) is 70.1 Å². The van der Waals surface area contributed by atoms with Gasteiger partial charge in [0.15, 0.2) is 0 Å². The number of benzene rings is 1. The summed E-state index contributed by atoms with van der Waals surface area (Å²) in [7, 11) is 3.96. The Bertz CT molecular complexity index is 580. The van der Waals surface area contributed by atoms with Gasteiger partial charge in [-0.25, -0.2) is 0 Å². The molecule has 0 aromatic heterocycles. The number of anilines is 1. The molecule has 0 aliphatic heterocycles.